The number of hydrogen-bond acceptors (Lipinski definition) is 4. The Balaban J connectivity index is 1.78. The van der Waals surface area contributed by atoms with Crippen LogP contribution in [-0.4, -0.2) is 23.7 Å². The van der Waals surface area contributed by atoms with Crippen LogP contribution in [0.3, 0.4) is 0 Å². The number of nitrogens with one attached hydrogen (secondary N) is 1. The van der Waals surface area contributed by atoms with E-state index in [0.717, 1.165) is 16.9 Å². The van der Waals surface area contributed by atoms with Crippen molar-refractivity contribution >= 4 is 23.1 Å². The van der Waals surface area contributed by atoms with Crippen LogP contribution in [0.5, 0.6) is 0 Å². The van der Waals surface area contributed by atoms with Gasteiger partial charge in [0.1, 0.15) is 5.84 Å². The summed E-state index contributed by atoms with van der Waals surface area (Å²) in [7, 11) is 1.68. The zero-order valence-electron chi connectivity index (χ0n) is 13.8. The number of nitriles is 1. The number of carbonyl (C=O) groups is 1. The van der Waals surface area contributed by atoms with Crippen molar-refractivity contribution in [1.82, 2.24) is 4.90 Å². The minimum Gasteiger partial charge on any atom is -0.304 e. The number of nitrogens with zero attached hydrogens (tertiary/aromatic N) is 2. The molecule has 1 saturated heterocycles. The Bertz CT molecular complexity index is 811. The fourth-order valence-electron chi connectivity index (χ4n) is 3.05. The number of hydrogen-bond donors (Lipinski definition) is 1. The highest BCUT2D eigenvalue weighted by Gasteiger charge is 2.39. The van der Waals surface area contributed by atoms with Crippen LogP contribution >= 0.6 is 11.3 Å². The molecule has 1 aromatic heterocycles. The van der Waals surface area contributed by atoms with E-state index in [1.165, 1.54) is 10.5 Å². The Hall–Kier alpha value is -2.45. The van der Waals surface area contributed by atoms with E-state index in [9.17, 15) is 4.79 Å². The maximum atomic E-state index is 12.1. The lowest BCUT2D eigenvalue weighted by molar-refractivity contribution is -0.128. The average molecular weight is 337 g/mol. The van der Waals surface area contributed by atoms with Gasteiger partial charge < -0.3 is 4.90 Å². The van der Waals surface area contributed by atoms with Gasteiger partial charge in [-0.1, -0.05) is 19.1 Å². The van der Waals surface area contributed by atoms with Gasteiger partial charge in [0, 0.05) is 30.2 Å². The van der Waals surface area contributed by atoms with Gasteiger partial charge in [0.05, 0.1) is 11.6 Å². The first-order chi connectivity index (χ1) is 11.4. The summed E-state index contributed by atoms with van der Waals surface area (Å²) in [5.41, 5.74) is 2.75. The summed E-state index contributed by atoms with van der Waals surface area (Å²) in [6.45, 7) is 2.07. The minimum atomic E-state index is -0.283. The molecule has 0 saturated carbocycles. The number of rotatable bonds is 3. The van der Waals surface area contributed by atoms with Crippen molar-refractivity contribution < 1.29 is 4.79 Å². The zero-order valence-corrected chi connectivity index (χ0v) is 14.6. The van der Waals surface area contributed by atoms with Gasteiger partial charge in [-0.25, -0.2) is 0 Å². The third-order valence-electron chi connectivity index (χ3n) is 4.62. The SMILES string of the molecule is CN1C(=N)C[C@](C)(c2cc(Cc3ccc(C#N)cc3)cs2)CC1=O. The monoisotopic (exact) mass is 337 g/mol. The molecule has 4 nitrogen and oxygen atoms in total. The molecule has 2 heterocycles. The molecule has 24 heavy (non-hydrogen) atoms. The first-order valence-corrected chi connectivity index (χ1v) is 8.70. The molecule has 122 valence electrons. The molecule has 1 fully saturated rings. The fourth-order valence-corrected chi connectivity index (χ4v) is 4.12. The molecule has 0 aliphatic carbocycles. The van der Waals surface area contributed by atoms with Gasteiger partial charge in [0.25, 0.3) is 0 Å². The van der Waals surface area contributed by atoms with Crippen molar-refractivity contribution in [3.05, 3.63) is 57.3 Å². The third-order valence-corrected chi connectivity index (χ3v) is 5.90. The number of carbonyl (C=O) groups excluding carboxylic acids is 1. The van der Waals surface area contributed by atoms with Crippen LogP contribution in [0.4, 0.5) is 0 Å². The van der Waals surface area contributed by atoms with Gasteiger partial charge in [0.2, 0.25) is 5.91 Å². The van der Waals surface area contributed by atoms with Crippen molar-refractivity contribution in [2.45, 2.75) is 31.6 Å². The van der Waals surface area contributed by atoms with Gasteiger partial charge >= 0.3 is 0 Å². The lowest BCUT2D eigenvalue weighted by Gasteiger charge is -2.36. The first-order valence-electron chi connectivity index (χ1n) is 7.82. The average Bonchev–Trinajstić information content (AvgIpc) is 3.03. The van der Waals surface area contributed by atoms with Crippen LogP contribution in [0, 0.1) is 16.7 Å². The van der Waals surface area contributed by atoms with Crippen molar-refractivity contribution in [3.63, 3.8) is 0 Å². The second-order valence-corrected chi connectivity index (χ2v) is 7.53. The Morgan fingerprint density at radius 3 is 2.62 bits per heavy atom. The van der Waals surface area contributed by atoms with E-state index in [1.807, 2.05) is 24.3 Å². The van der Waals surface area contributed by atoms with Crippen molar-refractivity contribution in [2.24, 2.45) is 0 Å². The molecule has 1 atom stereocenters. The Labute approximate surface area is 145 Å². The van der Waals surface area contributed by atoms with Crippen molar-refractivity contribution in [1.29, 1.82) is 10.7 Å². The van der Waals surface area contributed by atoms with Gasteiger partial charge in [-0.15, -0.1) is 11.3 Å². The number of thiophene rings is 1. The normalized spacial score (nSPS) is 21.0. The van der Waals surface area contributed by atoms with E-state index in [1.54, 1.807) is 18.4 Å². The molecule has 1 aromatic carbocycles. The van der Waals surface area contributed by atoms with E-state index in [-0.39, 0.29) is 11.3 Å². The highest BCUT2D eigenvalue weighted by atomic mass is 32.1. The Morgan fingerprint density at radius 2 is 2.00 bits per heavy atom. The van der Waals surface area contributed by atoms with Crippen LogP contribution in [0.2, 0.25) is 0 Å². The smallest absolute Gasteiger partial charge is 0.228 e. The second-order valence-electron chi connectivity index (χ2n) is 6.62. The number of amidine groups is 1. The van der Waals surface area contributed by atoms with E-state index in [0.29, 0.717) is 24.2 Å². The maximum Gasteiger partial charge on any atom is 0.228 e. The number of benzene rings is 1. The Morgan fingerprint density at radius 1 is 1.29 bits per heavy atom. The minimum absolute atomic E-state index is 0.00999. The van der Waals surface area contributed by atoms with E-state index < -0.39 is 0 Å². The molecule has 1 N–H and O–H groups in total. The second kappa shape index (κ2) is 6.21. The summed E-state index contributed by atoms with van der Waals surface area (Å²) >= 11 is 1.67. The Kier molecular flexibility index (Phi) is 4.25. The quantitative estimate of drug-likeness (QED) is 0.928. The molecule has 0 bridgehead atoms. The number of amides is 1. The number of piperidine rings is 1. The number of likely N-dealkylation sites (tertiary alicyclic amines) is 1. The molecule has 3 rings (SSSR count). The van der Waals surface area contributed by atoms with Gasteiger partial charge in [-0.2, -0.15) is 5.26 Å². The summed E-state index contributed by atoms with van der Waals surface area (Å²) in [6.07, 6.45) is 1.85. The lowest BCUT2D eigenvalue weighted by atomic mass is 9.78. The van der Waals surface area contributed by atoms with E-state index >= 15 is 0 Å². The topological polar surface area (TPSA) is 68.0 Å². The highest BCUT2D eigenvalue weighted by molar-refractivity contribution is 7.10. The molecule has 2 aromatic rings. The standard InChI is InChI=1S/C19H19N3OS/c1-19(9-17(21)22(2)18(23)10-19)16-8-15(12-24-16)7-13-3-5-14(11-20)6-4-13/h3-6,8,12,21H,7,9-10H2,1-2H3/t19-/m0/s1. The summed E-state index contributed by atoms with van der Waals surface area (Å²) < 4.78 is 0. The molecule has 0 radical (unpaired) electrons. The van der Waals surface area contributed by atoms with Gasteiger partial charge in [-0.3, -0.25) is 10.2 Å². The summed E-state index contributed by atoms with van der Waals surface area (Å²) in [5.74, 6) is 0.395. The molecule has 1 aliphatic heterocycles. The summed E-state index contributed by atoms with van der Waals surface area (Å²) in [4.78, 5) is 14.7. The maximum absolute atomic E-state index is 12.1. The third kappa shape index (κ3) is 3.10. The molecule has 0 spiro atoms. The van der Waals surface area contributed by atoms with Crippen LogP contribution in [-0.2, 0) is 16.6 Å². The predicted molar refractivity (Wildman–Crippen MR) is 95.4 cm³/mol. The molecular weight excluding hydrogens is 318 g/mol. The van der Waals surface area contributed by atoms with Crippen LogP contribution in [0.1, 0.15) is 41.3 Å². The summed E-state index contributed by atoms with van der Waals surface area (Å²) in [6, 6.07) is 11.9. The lowest BCUT2D eigenvalue weighted by Crippen LogP contribution is -2.46. The van der Waals surface area contributed by atoms with E-state index in [4.69, 9.17) is 10.7 Å². The van der Waals surface area contributed by atoms with E-state index in [2.05, 4.69) is 24.4 Å². The predicted octanol–water partition coefficient (Wildman–Crippen LogP) is 3.70. The molecule has 1 amide bonds. The molecule has 1 aliphatic rings. The first kappa shape index (κ1) is 16.4. The zero-order chi connectivity index (χ0) is 17.3. The fraction of sp³-hybridized carbons (Fsp3) is 0.316. The van der Waals surface area contributed by atoms with Crippen LogP contribution in [0.15, 0.2) is 35.7 Å². The van der Waals surface area contributed by atoms with Crippen LogP contribution in [0.25, 0.3) is 0 Å². The highest BCUT2D eigenvalue weighted by Crippen LogP contribution is 2.39. The van der Waals surface area contributed by atoms with Gasteiger partial charge in [-0.05, 0) is 41.1 Å². The van der Waals surface area contributed by atoms with Crippen LogP contribution < -0.4 is 0 Å². The summed E-state index contributed by atoms with van der Waals surface area (Å²) in [5, 5.41) is 19.0. The largest absolute Gasteiger partial charge is 0.304 e. The molecule has 5 heteroatoms. The van der Waals surface area contributed by atoms with Gasteiger partial charge in [0.15, 0.2) is 0 Å². The van der Waals surface area contributed by atoms with Crippen molar-refractivity contribution in [2.75, 3.05) is 7.05 Å². The van der Waals surface area contributed by atoms with Crippen molar-refractivity contribution in [3.8, 4) is 6.07 Å². The molecule has 0 unspecified atom stereocenters. The molecular formula is C19H19N3OS.